The van der Waals surface area contributed by atoms with Crippen molar-refractivity contribution < 1.29 is 9.59 Å². The number of amides is 2. The van der Waals surface area contributed by atoms with Crippen LogP contribution in [0.15, 0.2) is 54.6 Å². The van der Waals surface area contributed by atoms with Gasteiger partial charge in [0.05, 0.1) is 5.56 Å². The maximum Gasteiger partial charge on any atom is 0.270 e. The molecule has 0 atom stereocenters. The number of halogens is 2. The molecular weight excluding hydrogens is 415 g/mol. The minimum absolute atomic E-state index is 0.371. The Morgan fingerprint density at radius 1 is 1.00 bits per heavy atom. The van der Waals surface area contributed by atoms with Crippen LogP contribution in [0.25, 0.3) is 6.08 Å². The van der Waals surface area contributed by atoms with Crippen LogP contribution in [0.1, 0.15) is 15.9 Å². The van der Waals surface area contributed by atoms with E-state index in [-0.39, 0.29) is 5.91 Å². The van der Waals surface area contributed by atoms with E-state index in [0.717, 1.165) is 9.13 Å². The highest BCUT2D eigenvalue weighted by Crippen LogP contribution is 2.16. The Balaban J connectivity index is 1.92. The van der Waals surface area contributed by atoms with E-state index in [1.165, 1.54) is 6.08 Å². The van der Waals surface area contributed by atoms with Gasteiger partial charge in [-0.15, -0.1) is 0 Å². The molecule has 0 aliphatic heterocycles. The van der Waals surface area contributed by atoms with Gasteiger partial charge in [0.2, 0.25) is 0 Å². The van der Waals surface area contributed by atoms with Crippen LogP contribution in [0.3, 0.4) is 0 Å². The van der Waals surface area contributed by atoms with E-state index in [0.29, 0.717) is 10.6 Å². The summed E-state index contributed by atoms with van der Waals surface area (Å²) in [6.07, 6.45) is 2.88. The van der Waals surface area contributed by atoms with Crippen LogP contribution in [0.5, 0.6) is 0 Å². The topological polar surface area (TPSA) is 58.2 Å². The second-order valence-electron chi connectivity index (χ2n) is 4.28. The van der Waals surface area contributed by atoms with E-state index in [4.69, 9.17) is 11.6 Å². The second-order valence-corrected chi connectivity index (χ2v) is 5.85. The van der Waals surface area contributed by atoms with E-state index in [9.17, 15) is 9.59 Å². The summed E-state index contributed by atoms with van der Waals surface area (Å²) in [6.45, 7) is 0. The predicted molar refractivity (Wildman–Crippen MR) is 95.3 cm³/mol. The number of benzene rings is 2. The molecule has 4 nitrogen and oxygen atoms in total. The number of hydrogen-bond donors (Lipinski definition) is 2. The molecule has 2 aromatic carbocycles. The SMILES string of the molecule is O=C(C=Cc1ccccc1Cl)NNC(=O)c1ccccc1I. The summed E-state index contributed by atoms with van der Waals surface area (Å²) in [5.74, 6) is -0.816. The molecule has 0 heterocycles. The minimum atomic E-state index is -0.445. The van der Waals surface area contributed by atoms with Crippen LogP contribution < -0.4 is 10.9 Å². The first-order valence-corrected chi connectivity index (χ1v) is 7.81. The zero-order valence-electron chi connectivity index (χ0n) is 11.3. The van der Waals surface area contributed by atoms with Gasteiger partial charge >= 0.3 is 0 Å². The minimum Gasteiger partial charge on any atom is -0.268 e. The van der Waals surface area contributed by atoms with E-state index in [1.54, 1.807) is 36.4 Å². The summed E-state index contributed by atoms with van der Waals surface area (Å²) in [5.41, 5.74) is 5.91. The van der Waals surface area contributed by atoms with Crippen molar-refractivity contribution in [3.8, 4) is 0 Å². The summed E-state index contributed by atoms with van der Waals surface area (Å²) in [7, 11) is 0. The molecule has 2 N–H and O–H groups in total. The Morgan fingerprint density at radius 2 is 1.68 bits per heavy atom. The summed E-state index contributed by atoms with van der Waals surface area (Å²) in [4.78, 5) is 23.6. The summed E-state index contributed by atoms with van der Waals surface area (Å²) in [5, 5.41) is 0.550. The van der Waals surface area contributed by atoms with Crippen LogP contribution in [-0.4, -0.2) is 11.8 Å². The van der Waals surface area contributed by atoms with E-state index >= 15 is 0 Å². The predicted octanol–water partition coefficient (Wildman–Crippen LogP) is 3.42. The van der Waals surface area contributed by atoms with E-state index in [1.807, 2.05) is 18.2 Å². The zero-order chi connectivity index (χ0) is 15.9. The highest BCUT2D eigenvalue weighted by molar-refractivity contribution is 14.1. The Hall–Kier alpha value is -1.86. The lowest BCUT2D eigenvalue weighted by Crippen LogP contribution is -2.41. The lowest BCUT2D eigenvalue weighted by Gasteiger charge is -2.06. The van der Waals surface area contributed by atoms with Crippen molar-refractivity contribution in [3.63, 3.8) is 0 Å². The van der Waals surface area contributed by atoms with Gasteiger partial charge in [0, 0.05) is 14.7 Å². The first-order chi connectivity index (χ1) is 10.6. The van der Waals surface area contributed by atoms with E-state index < -0.39 is 5.91 Å². The Morgan fingerprint density at radius 3 is 2.41 bits per heavy atom. The molecule has 2 aromatic rings. The average molecular weight is 427 g/mol. The highest BCUT2D eigenvalue weighted by Gasteiger charge is 2.09. The number of nitrogens with one attached hydrogen (secondary N) is 2. The van der Waals surface area contributed by atoms with Gasteiger partial charge in [-0.05, 0) is 52.4 Å². The van der Waals surface area contributed by atoms with Crippen molar-refractivity contribution >= 4 is 52.1 Å². The third-order valence-electron chi connectivity index (χ3n) is 2.74. The van der Waals surface area contributed by atoms with Crippen molar-refractivity contribution in [1.29, 1.82) is 0 Å². The quantitative estimate of drug-likeness (QED) is 0.449. The van der Waals surface area contributed by atoms with Gasteiger partial charge in [-0.3, -0.25) is 20.4 Å². The fraction of sp³-hybridized carbons (Fsp3) is 0. The van der Waals surface area contributed by atoms with Crippen molar-refractivity contribution in [2.45, 2.75) is 0 Å². The van der Waals surface area contributed by atoms with Gasteiger partial charge in [0.15, 0.2) is 0 Å². The van der Waals surface area contributed by atoms with Gasteiger partial charge < -0.3 is 0 Å². The third kappa shape index (κ3) is 4.57. The van der Waals surface area contributed by atoms with Gasteiger partial charge in [0.1, 0.15) is 0 Å². The standard InChI is InChI=1S/C16H12ClIN2O2/c17-13-7-3-1-5-11(13)9-10-15(21)19-20-16(22)12-6-2-4-8-14(12)18/h1-10H,(H,19,21)(H,20,22). The fourth-order valence-corrected chi connectivity index (χ4v) is 2.48. The van der Waals surface area contributed by atoms with Crippen LogP contribution in [0.4, 0.5) is 0 Å². The van der Waals surface area contributed by atoms with Crippen LogP contribution in [-0.2, 0) is 4.79 Å². The Bertz CT molecular complexity index is 732. The molecule has 0 aromatic heterocycles. The molecule has 0 bridgehead atoms. The molecule has 2 rings (SSSR count). The average Bonchev–Trinajstić information content (AvgIpc) is 2.52. The van der Waals surface area contributed by atoms with Crippen LogP contribution in [0, 0.1) is 3.57 Å². The van der Waals surface area contributed by atoms with Crippen molar-refractivity contribution in [3.05, 3.63) is 74.3 Å². The number of hydrogen-bond acceptors (Lipinski definition) is 2. The maximum absolute atomic E-state index is 11.9. The molecule has 22 heavy (non-hydrogen) atoms. The molecule has 2 amide bonds. The molecule has 112 valence electrons. The van der Waals surface area contributed by atoms with Crippen LogP contribution in [0.2, 0.25) is 5.02 Å². The van der Waals surface area contributed by atoms with Gasteiger partial charge in [-0.25, -0.2) is 0 Å². The van der Waals surface area contributed by atoms with Gasteiger partial charge in [-0.2, -0.15) is 0 Å². The van der Waals surface area contributed by atoms with Crippen LogP contribution >= 0.6 is 34.2 Å². The molecule has 6 heteroatoms. The third-order valence-corrected chi connectivity index (χ3v) is 4.02. The summed E-state index contributed by atoms with van der Waals surface area (Å²) < 4.78 is 0.804. The molecular formula is C16H12ClIN2O2. The molecule has 0 saturated heterocycles. The Labute approximate surface area is 146 Å². The molecule has 0 unspecified atom stereocenters. The smallest absolute Gasteiger partial charge is 0.268 e. The highest BCUT2D eigenvalue weighted by atomic mass is 127. The molecule has 0 radical (unpaired) electrons. The first-order valence-electron chi connectivity index (χ1n) is 6.35. The summed E-state index contributed by atoms with van der Waals surface area (Å²) in [6, 6.07) is 14.2. The molecule has 0 aliphatic carbocycles. The fourth-order valence-electron chi connectivity index (χ4n) is 1.65. The molecule has 0 spiro atoms. The number of carbonyl (C=O) groups excluding carboxylic acids is 2. The normalized spacial score (nSPS) is 10.5. The number of rotatable bonds is 3. The molecule has 0 saturated carbocycles. The van der Waals surface area contributed by atoms with Gasteiger partial charge in [-0.1, -0.05) is 41.9 Å². The second kappa shape index (κ2) is 7.95. The van der Waals surface area contributed by atoms with E-state index in [2.05, 4.69) is 33.4 Å². The molecule has 0 aliphatic rings. The zero-order valence-corrected chi connectivity index (χ0v) is 14.3. The maximum atomic E-state index is 11.9. The monoisotopic (exact) mass is 426 g/mol. The van der Waals surface area contributed by atoms with Crippen molar-refractivity contribution in [1.82, 2.24) is 10.9 Å². The first kappa shape index (κ1) is 16.5. The lowest BCUT2D eigenvalue weighted by molar-refractivity contribution is -0.117. The largest absolute Gasteiger partial charge is 0.270 e. The van der Waals surface area contributed by atoms with Crippen molar-refractivity contribution in [2.24, 2.45) is 0 Å². The lowest BCUT2D eigenvalue weighted by atomic mass is 10.2. The summed E-state index contributed by atoms with van der Waals surface area (Å²) >= 11 is 8.04. The number of carbonyl (C=O) groups is 2. The van der Waals surface area contributed by atoms with Crippen molar-refractivity contribution in [2.75, 3.05) is 0 Å². The number of hydrazine groups is 1. The Kier molecular flexibility index (Phi) is 5.97. The molecule has 0 fully saturated rings. The van der Waals surface area contributed by atoms with Gasteiger partial charge in [0.25, 0.3) is 11.8 Å².